The van der Waals surface area contributed by atoms with E-state index < -0.39 is 32.4 Å². The number of nitrogens with zero attached hydrogens (tertiary/aromatic N) is 4. The maximum atomic E-state index is 15.8. The first-order valence-electron chi connectivity index (χ1n) is 13.4. The van der Waals surface area contributed by atoms with Crippen LogP contribution in [0.25, 0.3) is 0 Å². The number of likely N-dealkylation sites (N-methyl/N-ethyl adjacent to an activating group) is 1. The number of hydrogen-bond donors (Lipinski definition) is 0. The lowest BCUT2D eigenvalue weighted by molar-refractivity contribution is 0.0233. The molecule has 4 rings (SSSR count). The molecule has 0 bridgehead atoms. The second kappa shape index (κ2) is 12.3. The van der Waals surface area contributed by atoms with Gasteiger partial charge < -0.3 is 19.3 Å². The number of rotatable bonds is 8. The van der Waals surface area contributed by atoms with Crippen LogP contribution in [0.1, 0.15) is 45.2 Å². The lowest BCUT2D eigenvalue weighted by atomic mass is 10.1. The van der Waals surface area contributed by atoms with Gasteiger partial charge >= 0.3 is 6.09 Å². The van der Waals surface area contributed by atoms with Gasteiger partial charge in [0.05, 0.1) is 42.0 Å². The van der Waals surface area contributed by atoms with Gasteiger partial charge in [-0.1, -0.05) is 17.7 Å². The molecule has 0 N–H and O–H groups in total. The summed E-state index contributed by atoms with van der Waals surface area (Å²) < 4.78 is 55.6. The lowest BCUT2D eigenvalue weighted by Crippen LogP contribution is -2.45. The summed E-state index contributed by atoms with van der Waals surface area (Å²) >= 11 is 7.87. The highest BCUT2D eigenvalue weighted by Gasteiger charge is 2.39. The number of amides is 1. The maximum absolute atomic E-state index is 15.8. The molecule has 1 aromatic heterocycles. The highest BCUT2D eigenvalue weighted by molar-refractivity contribution is 7.92. The average Bonchev–Trinajstić information content (AvgIpc) is 3.57. The van der Waals surface area contributed by atoms with E-state index in [1.165, 1.54) is 16.8 Å². The number of ether oxygens (including phenoxy) is 2. The van der Waals surface area contributed by atoms with E-state index in [-0.39, 0.29) is 29.5 Å². The first-order valence-corrected chi connectivity index (χ1v) is 16.2. The molecule has 9 nitrogen and oxygen atoms in total. The molecule has 1 aliphatic heterocycles. The van der Waals surface area contributed by atoms with Gasteiger partial charge in [-0.25, -0.2) is 26.9 Å². The SMILES string of the molecule is COc1ccc(CN(c2cscn2)S(=O)(=O)c2cc(Cl)c(N(C)[C@@H]3CCN(C(=O)OC(C)(C)C)[C@@H]3C)cc2F)c(C)c1. The van der Waals surface area contributed by atoms with Gasteiger partial charge in [-0.05, 0) is 70.4 Å². The van der Waals surface area contributed by atoms with Gasteiger partial charge in [0.1, 0.15) is 22.1 Å². The molecule has 1 aliphatic rings. The number of methoxy groups -OCH3 is 1. The number of thiazole rings is 1. The molecular formula is C29H36ClFN4O5S2. The molecule has 0 saturated carbocycles. The van der Waals surface area contributed by atoms with E-state index in [1.54, 1.807) is 68.3 Å². The van der Waals surface area contributed by atoms with Gasteiger partial charge in [-0.15, -0.1) is 11.3 Å². The molecule has 0 aliphatic carbocycles. The van der Waals surface area contributed by atoms with E-state index in [0.717, 1.165) is 22.0 Å². The van der Waals surface area contributed by atoms with Crippen LogP contribution in [0.15, 0.2) is 46.1 Å². The summed E-state index contributed by atoms with van der Waals surface area (Å²) in [6, 6.07) is 7.15. The van der Waals surface area contributed by atoms with Crippen molar-refractivity contribution in [3.8, 4) is 5.75 Å². The van der Waals surface area contributed by atoms with Crippen molar-refractivity contribution < 1.29 is 27.1 Å². The Hall–Kier alpha value is -3.09. The molecule has 1 fully saturated rings. The highest BCUT2D eigenvalue weighted by atomic mass is 35.5. The number of hydrogen-bond acceptors (Lipinski definition) is 8. The number of aromatic nitrogens is 1. The third-order valence-electron chi connectivity index (χ3n) is 7.33. The Bertz CT molecular complexity index is 1550. The quantitative estimate of drug-likeness (QED) is 0.279. The van der Waals surface area contributed by atoms with Crippen LogP contribution in [-0.4, -0.2) is 62.8 Å². The third kappa shape index (κ3) is 6.60. The van der Waals surface area contributed by atoms with E-state index in [2.05, 4.69) is 4.98 Å². The fourth-order valence-electron chi connectivity index (χ4n) is 5.05. The topological polar surface area (TPSA) is 92.3 Å². The predicted molar refractivity (Wildman–Crippen MR) is 164 cm³/mol. The molecule has 1 amide bonds. The number of halogens is 2. The molecule has 2 heterocycles. The number of aryl methyl sites for hydroxylation is 1. The first kappa shape index (κ1) is 31.8. The van der Waals surface area contributed by atoms with Crippen LogP contribution >= 0.6 is 22.9 Å². The van der Waals surface area contributed by atoms with E-state index in [9.17, 15) is 13.2 Å². The summed E-state index contributed by atoms with van der Waals surface area (Å²) in [7, 11) is -1.11. The zero-order chi connectivity index (χ0) is 31.0. The van der Waals surface area contributed by atoms with Crippen molar-refractivity contribution in [1.29, 1.82) is 0 Å². The zero-order valence-electron chi connectivity index (χ0n) is 24.7. The normalized spacial score (nSPS) is 17.3. The van der Waals surface area contributed by atoms with Gasteiger partial charge in [0.25, 0.3) is 10.0 Å². The van der Waals surface area contributed by atoms with Crippen LogP contribution in [0.3, 0.4) is 0 Å². The molecule has 228 valence electrons. The summed E-state index contributed by atoms with van der Waals surface area (Å²) in [6.07, 6.45) is 0.187. The molecule has 13 heteroatoms. The summed E-state index contributed by atoms with van der Waals surface area (Å²) in [5, 5.41) is 1.66. The third-order valence-corrected chi connectivity index (χ3v) is 9.97. The number of carbonyl (C=O) groups excluding carboxylic acids is 1. The minimum atomic E-state index is -4.42. The Morgan fingerprint density at radius 1 is 1.26 bits per heavy atom. The van der Waals surface area contributed by atoms with Gasteiger partial charge in [0.2, 0.25) is 0 Å². The summed E-state index contributed by atoms with van der Waals surface area (Å²) in [5.74, 6) is -0.126. The first-order chi connectivity index (χ1) is 19.6. The van der Waals surface area contributed by atoms with Crippen LogP contribution < -0.4 is 13.9 Å². The fourth-order valence-corrected chi connectivity index (χ4v) is 7.48. The second-order valence-electron chi connectivity index (χ2n) is 11.3. The minimum absolute atomic E-state index is 0.0687. The largest absolute Gasteiger partial charge is 0.497 e. The fraction of sp³-hybridized carbons (Fsp3) is 0.448. The Labute approximate surface area is 255 Å². The Balaban J connectivity index is 1.64. The molecule has 0 spiro atoms. The highest BCUT2D eigenvalue weighted by Crippen LogP contribution is 2.37. The smallest absolute Gasteiger partial charge is 0.410 e. The van der Waals surface area contributed by atoms with Crippen molar-refractivity contribution in [1.82, 2.24) is 9.88 Å². The van der Waals surface area contributed by atoms with Crippen molar-refractivity contribution in [2.45, 2.75) is 70.2 Å². The number of carbonyl (C=O) groups is 1. The Kier molecular flexibility index (Phi) is 9.29. The minimum Gasteiger partial charge on any atom is -0.497 e. The summed E-state index contributed by atoms with van der Waals surface area (Å²) in [6.45, 7) is 9.56. The van der Waals surface area contributed by atoms with Crippen molar-refractivity contribution in [3.05, 3.63) is 63.2 Å². The van der Waals surface area contributed by atoms with E-state index in [1.807, 2.05) is 13.8 Å². The second-order valence-corrected chi connectivity index (χ2v) is 14.2. The maximum Gasteiger partial charge on any atom is 0.410 e. The van der Waals surface area contributed by atoms with Gasteiger partial charge in [0.15, 0.2) is 5.82 Å². The number of benzene rings is 2. The lowest BCUT2D eigenvalue weighted by Gasteiger charge is -2.33. The van der Waals surface area contributed by atoms with E-state index >= 15 is 4.39 Å². The predicted octanol–water partition coefficient (Wildman–Crippen LogP) is 6.48. The molecule has 0 unspecified atom stereocenters. The van der Waals surface area contributed by atoms with E-state index in [0.29, 0.717) is 30.0 Å². The number of sulfonamides is 1. The monoisotopic (exact) mass is 638 g/mol. The van der Waals surface area contributed by atoms with Gasteiger partial charge in [0, 0.05) is 25.0 Å². The molecular weight excluding hydrogens is 603 g/mol. The van der Waals surface area contributed by atoms with Crippen LogP contribution in [0.2, 0.25) is 5.02 Å². The van der Waals surface area contributed by atoms with Crippen LogP contribution in [0, 0.1) is 12.7 Å². The van der Waals surface area contributed by atoms with Crippen LogP contribution in [0.5, 0.6) is 5.75 Å². The van der Waals surface area contributed by atoms with Crippen LogP contribution in [0.4, 0.5) is 20.7 Å². The van der Waals surface area contributed by atoms with Crippen LogP contribution in [-0.2, 0) is 21.3 Å². The Morgan fingerprint density at radius 3 is 2.57 bits per heavy atom. The summed E-state index contributed by atoms with van der Waals surface area (Å²) in [4.78, 5) is 19.8. The Morgan fingerprint density at radius 2 is 1.98 bits per heavy atom. The molecule has 2 atom stereocenters. The molecule has 3 aromatic rings. The standard InChI is InChI=1S/C29H36ClFN4O5S2/c1-18-12-21(39-7)9-8-20(18)15-35(27-16-41-17-32-27)42(37,38)26-13-22(30)25(14-23(26)31)33(6)24-10-11-34(19(24)2)28(36)40-29(3,4)5/h8-9,12-14,16-17,19,24H,10-11,15H2,1-7H3/t19-,24-/m1/s1. The molecule has 1 saturated heterocycles. The number of anilines is 2. The van der Waals surface area contributed by atoms with Crippen molar-refractivity contribution in [2.75, 3.05) is 29.9 Å². The van der Waals surface area contributed by atoms with E-state index in [4.69, 9.17) is 21.1 Å². The number of likely N-dealkylation sites (tertiary alicyclic amines) is 1. The summed E-state index contributed by atoms with van der Waals surface area (Å²) in [5.41, 5.74) is 2.73. The van der Waals surface area contributed by atoms with Gasteiger partial charge in [-0.3, -0.25) is 0 Å². The van der Waals surface area contributed by atoms with Crippen molar-refractivity contribution >= 4 is 50.6 Å². The zero-order valence-corrected chi connectivity index (χ0v) is 27.1. The molecule has 0 radical (unpaired) electrons. The van der Waals surface area contributed by atoms with Gasteiger partial charge in [-0.2, -0.15) is 0 Å². The van der Waals surface area contributed by atoms with Crippen molar-refractivity contribution in [3.63, 3.8) is 0 Å². The molecule has 2 aromatic carbocycles. The average molecular weight is 639 g/mol. The van der Waals surface area contributed by atoms with Crippen molar-refractivity contribution in [2.24, 2.45) is 0 Å². The molecule has 42 heavy (non-hydrogen) atoms.